The minimum atomic E-state index is -0.341. The third kappa shape index (κ3) is 2.85. The Morgan fingerprint density at radius 2 is 2.21 bits per heavy atom. The average Bonchev–Trinajstić information content (AvgIpc) is 2.77. The summed E-state index contributed by atoms with van der Waals surface area (Å²) in [5.41, 5.74) is 1.26. The number of para-hydroxylation sites is 1. The monoisotopic (exact) mass is 281 g/mol. The fourth-order valence-electron chi connectivity index (χ4n) is 2.35. The summed E-state index contributed by atoms with van der Waals surface area (Å²) in [6.07, 6.45) is 0.858. The van der Waals surface area contributed by atoms with Crippen LogP contribution in [0.1, 0.15) is 13.3 Å². The maximum atomic E-state index is 12.4. The van der Waals surface area contributed by atoms with E-state index in [1.807, 2.05) is 44.1 Å². The molecule has 2 rings (SSSR count). The predicted octanol–water partition coefficient (Wildman–Crippen LogP) is 2.34. The van der Waals surface area contributed by atoms with Gasteiger partial charge in [-0.1, -0.05) is 17.7 Å². The van der Waals surface area contributed by atoms with Gasteiger partial charge in [-0.25, -0.2) is 0 Å². The molecule has 1 fully saturated rings. The molecule has 1 aliphatic rings. The molecule has 1 atom stereocenters. The van der Waals surface area contributed by atoms with E-state index in [0.29, 0.717) is 5.02 Å². The molecule has 1 amide bonds. The second-order valence-electron chi connectivity index (χ2n) is 5.47. The van der Waals surface area contributed by atoms with Crippen molar-refractivity contribution in [3.63, 3.8) is 0 Å². The standard InChI is InChI=1S/C14H20ClN3O/c1-14(7-8-16-9-14)13(19)17-11-6-4-5-10(15)12(11)18(2)3/h4-6,16H,7-9H2,1-3H3,(H,17,19). The third-order valence-electron chi connectivity index (χ3n) is 3.60. The molecule has 19 heavy (non-hydrogen) atoms. The summed E-state index contributed by atoms with van der Waals surface area (Å²) in [4.78, 5) is 14.3. The molecule has 1 saturated heterocycles. The van der Waals surface area contributed by atoms with E-state index < -0.39 is 0 Å². The summed E-state index contributed by atoms with van der Waals surface area (Å²) in [6, 6.07) is 5.55. The zero-order valence-electron chi connectivity index (χ0n) is 11.6. The Kier molecular flexibility index (Phi) is 4.02. The SMILES string of the molecule is CN(C)c1c(Cl)cccc1NC(=O)C1(C)CCNC1. The van der Waals surface area contributed by atoms with E-state index in [0.717, 1.165) is 30.9 Å². The van der Waals surface area contributed by atoms with Crippen LogP contribution >= 0.6 is 11.6 Å². The summed E-state index contributed by atoms with van der Waals surface area (Å²) < 4.78 is 0. The maximum Gasteiger partial charge on any atom is 0.231 e. The van der Waals surface area contributed by atoms with Gasteiger partial charge in [0.25, 0.3) is 0 Å². The molecular formula is C14H20ClN3O. The molecule has 1 aliphatic heterocycles. The molecule has 0 aromatic heterocycles. The van der Waals surface area contributed by atoms with Crippen LogP contribution in [0, 0.1) is 5.41 Å². The van der Waals surface area contributed by atoms with Gasteiger partial charge in [0, 0.05) is 20.6 Å². The Morgan fingerprint density at radius 3 is 2.79 bits per heavy atom. The van der Waals surface area contributed by atoms with E-state index in [2.05, 4.69) is 10.6 Å². The number of amides is 1. The van der Waals surface area contributed by atoms with Crippen LogP contribution in [-0.2, 0) is 4.79 Å². The van der Waals surface area contributed by atoms with Crippen molar-refractivity contribution in [3.05, 3.63) is 23.2 Å². The van der Waals surface area contributed by atoms with Gasteiger partial charge in [-0.3, -0.25) is 4.79 Å². The molecule has 2 N–H and O–H groups in total. The number of anilines is 2. The number of hydrogen-bond donors (Lipinski definition) is 2. The van der Waals surface area contributed by atoms with Gasteiger partial charge in [-0.05, 0) is 32.0 Å². The minimum Gasteiger partial charge on any atom is -0.375 e. The van der Waals surface area contributed by atoms with Crippen LogP contribution < -0.4 is 15.5 Å². The van der Waals surface area contributed by atoms with Crippen LogP contribution in [0.5, 0.6) is 0 Å². The molecule has 0 radical (unpaired) electrons. The van der Waals surface area contributed by atoms with E-state index in [9.17, 15) is 4.79 Å². The summed E-state index contributed by atoms with van der Waals surface area (Å²) in [7, 11) is 3.82. The highest BCUT2D eigenvalue weighted by molar-refractivity contribution is 6.34. The van der Waals surface area contributed by atoms with Gasteiger partial charge in [0.05, 0.1) is 21.8 Å². The van der Waals surface area contributed by atoms with E-state index in [1.165, 1.54) is 0 Å². The van der Waals surface area contributed by atoms with E-state index in [1.54, 1.807) is 0 Å². The number of benzene rings is 1. The highest BCUT2D eigenvalue weighted by atomic mass is 35.5. The van der Waals surface area contributed by atoms with Crippen molar-refractivity contribution in [3.8, 4) is 0 Å². The number of carbonyl (C=O) groups is 1. The molecule has 0 spiro atoms. The number of rotatable bonds is 3. The first-order valence-electron chi connectivity index (χ1n) is 6.42. The zero-order valence-corrected chi connectivity index (χ0v) is 12.3. The Hall–Kier alpha value is -1.26. The summed E-state index contributed by atoms with van der Waals surface area (Å²) >= 11 is 6.20. The lowest BCUT2D eigenvalue weighted by molar-refractivity contribution is -0.123. The maximum absolute atomic E-state index is 12.4. The van der Waals surface area contributed by atoms with Crippen LogP contribution in [-0.4, -0.2) is 33.1 Å². The largest absolute Gasteiger partial charge is 0.375 e. The van der Waals surface area contributed by atoms with E-state index in [-0.39, 0.29) is 11.3 Å². The van der Waals surface area contributed by atoms with Crippen molar-refractivity contribution in [2.24, 2.45) is 5.41 Å². The predicted molar refractivity (Wildman–Crippen MR) is 80.0 cm³/mol. The Bertz CT molecular complexity index is 482. The third-order valence-corrected chi connectivity index (χ3v) is 3.90. The average molecular weight is 282 g/mol. The van der Waals surface area contributed by atoms with Crippen LogP contribution in [0.15, 0.2) is 18.2 Å². The zero-order chi connectivity index (χ0) is 14.0. The van der Waals surface area contributed by atoms with Crippen molar-refractivity contribution in [2.75, 3.05) is 37.4 Å². The molecule has 1 unspecified atom stereocenters. The molecule has 104 valence electrons. The van der Waals surface area contributed by atoms with Gasteiger partial charge in [0.15, 0.2) is 0 Å². The van der Waals surface area contributed by atoms with Crippen molar-refractivity contribution in [2.45, 2.75) is 13.3 Å². The lowest BCUT2D eigenvalue weighted by Gasteiger charge is -2.24. The lowest BCUT2D eigenvalue weighted by atomic mass is 9.88. The summed E-state index contributed by atoms with van der Waals surface area (Å²) in [5, 5.41) is 6.88. The first-order chi connectivity index (χ1) is 8.94. The molecule has 1 aromatic carbocycles. The number of halogens is 1. The molecule has 0 saturated carbocycles. The second-order valence-corrected chi connectivity index (χ2v) is 5.88. The van der Waals surface area contributed by atoms with Crippen LogP contribution in [0.3, 0.4) is 0 Å². The van der Waals surface area contributed by atoms with Gasteiger partial charge in [0.1, 0.15) is 0 Å². The Morgan fingerprint density at radius 1 is 1.47 bits per heavy atom. The second kappa shape index (κ2) is 5.39. The first-order valence-corrected chi connectivity index (χ1v) is 6.80. The van der Waals surface area contributed by atoms with Crippen LogP contribution in [0.2, 0.25) is 5.02 Å². The Labute approximate surface area is 119 Å². The van der Waals surface area contributed by atoms with E-state index >= 15 is 0 Å². The number of nitrogens with one attached hydrogen (secondary N) is 2. The lowest BCUT2D eigenvalue weighted by Crippen LogP contribution is -2.35. The van der Waals surface area contributed by atoms with Gasteiger partial charge in [0.2, 0.25) is 5.91 Å². The smallest absolute Gasteiger partial charge is 0.231 e. The van der Waals surface area contributed by atoms with Crippen LogP contribution in [0.4, 0.5) is 11.4 Å². The van der Waals surface area contributed by atoms with Crippen LogP contribution in [0.25, 0.3) is 0 Å². The Balaban J connectivity index is 2.24. The molecule has 0 bridgehead atoms. The highest BCUT2D eigenvalue weighted by Gasteiger charge is 2.36. The van der Waals surface area contributed by atoms with Crippen molar-refractivity contribution in [1.82, 2.24) is 5.32 Å². The normalized spacial score (nSPS) is 22.3. The van der Waals surface area contributed by atoms with Crippen molar-refractivity contribution < 1.29 is 4.79 Å². The number of nitrogens with zero attached hydrogens (tertiary/aromatic N) is 1. The topological polar surface area (TPSA) is 44.4 Å². The van der Waals surface area contributed by atoms with Crippen molar-refractivity contribution in [1.29, 1.82) is 0 Å². The molecular weight excluding hydrogens is 262 g/mol. The van der Waals surface area contributed by atoms with Gasteiger partial charge < -0.3 is 15.5 Å². The molecule has 0 aliphatic carbocycles. The van der Waals surface area contributed by atoms with Crippen molar-refractivity contribution >= 4 is 28.9 Å². The molecule has 4 nitrogen and oxygen atoms in total. The summed E-state index contributed by atoms with van der Waals surface area (Å²) in [5.74, 6) is 0.0443. The summed E-state index contributed by atoms with van der Waals surface area (Å²) in [6.45, 7) is 3.60. The van der Waals surface area contributed by atoms with Gasteiger partial charge in [-0.15, -0.1) is 0 Å². The molecule has 1 heterocycles. The number of carbonyl (C=O) groups excluding carboxylic acids is 1. The first kappa shape index (κ1) is 14.2. The van der Waals surface area contributed by atoms with Gasteiger partial charge >= 0.3 is 0 Å². The molecule has 1 aromatic rings. The van der Waals surface area contributed by atoms with E-state index in [4.69, 9.17) is 11.6 Å². The quantitative estimate of drug-likeness (QED) is 0.894. The highest BCUT2D eigenvalue weighted by Crippen LogP contribution is 2.34. The fourth-order valence-corrected chi connectivity index (χ4v) is 2.70. The molecule has 5 heteroatoms. The number of hydrogen-bond acceptors (Lipinski definition) is 3. The minimum absolute atomic E-state index is 0.0443. The van der Waals surface area contributed by atoms with Gasteiger partial charge in [-0.2, -0.15) is 0 Å². The fraction of sp³-hybridized carbons (Fsp3) is 0.500.